The lowest BCUT2D eigenvalue weighted by molar-refractivity contribution is 0.806. The zero-order valence-corrected chi connectivity index (χ0v) is 11.2. The highest BCUT2D eigenvalue weighted by atomic mass is 15.4. The molecule has 5 nitrogen and oxygen atoms in total. The fourth-order valence-electron chi connectivity index (χ4n) is 2.03. The molecule has 1 aromatic carbocycles. The predicted molar refractivity (Wildman–Crippen MR) is 78.8 cm³/mol. The molecule has 5 heteroatoms. The molecule has 0 unspecified atom stereocenters. The van der Waals surface area contributed by atoms with Crippen LogP contribution in [0.25, 0.3) is 17.1 Å². The molecule has 3 aromatic rings. The lowest BCUT2D eigenvalue weighted by Crippen LogP contribution is -2.02. The highest BCUT2D eigenvalue weighted by Crippen LogP contribution is 2.20. The van der Waals surface area contributed by atoms with Gasteiger partial charge < -0.3 is 5.32 Å². The van der Waals surface area contributed by atoms with Gasteiger partial charge in [-0.2, -0.15) is 0 Å². The second kappa shape index (κ2) is 5.52. The normalized spacial score (nSPS) is 10.4. The minimum absolute atomic E-state index is 0.840. The zero-order chi connectivity index (χ0) is 13.8. The van der Waals surface area contributed by atoms with Crippen molar-refractivity contribution in [1.29, 1.82) is 0 Å². The van der Waals surface area contributed by atoms with Gasteiger partial charge in [0.25, 0.3) is 0 Å². The molecule has 3 rings (SSSR count). The maximum absolute atomic E-state index is 4.58. The SMILES string of the molecule is CCNc1cccc(-c2cnnn2-c2ccccc2)n1. The Bertz CT molecular complexity index is 690. The summed E-state index contributed by atoms with van der Waals surface area (Å²) in [6.07, 6.45) is 1.73. The molecule has 2 aromatic heterocycles. The molecule has 0 saturated heterocycles. The van der Waals surface area contributed by atoms with E-state index in [9.17, 15) is 0 Å². The molecule has 1 N–H and O–H groups in total. The number of para-hydroxylation sites is 1. The van der Waals surface area contributed by atoms with E-state index in [1.165, 1.54) is 0 Å². The number of rotatable bonds is 4. The standard InChI is InChI=1S/C15H15N5/c1-2-16-15-10-6-9-13(18-15)14-11-17-19-20(14)12-7-4-3-5-8-12/h3-11H,2H2,1H3,(H,16,18). The van der Waals surface area contributed by atoms with Crippen molar-refractivity contribution in [1.82, 2.24) is 20.0 Å². The van der Waals surface area contributed by atoms with Crippen LogP contribution in [0, 0.1) is 0 Å². The van der Waals surface area contributed by atoms with Crippen LogP contribution in [-0.4, -0.2) is 26.5 Å². The summed E-state index contributed by atoms with van der Waals surface area (Å²) in [6, 6.07) is 15.8. The van der Waals surface area contributed by atoms with Crippen molar-refractivity contribution in [2.75, 3.05) is 11.9 Å². The molecular formula is C15H15N5. The Morgan fingerprint density at radius 3 is 2.70 bits per heavy atom. The van der Waals surface area contributed by atoms with Crippen LogP contribution in [0.3, 0.4) is 0 Å². The number of pyridine rings is 1. The summed E-state index contributed by atoms with van der Waals surface area (Å²) in [5.74, 6) is 0.853. The van der Waals surface area contributed by atoms with Gasteiger partial charge in [0.1, 0.15) is 11.5 Å². The summed E-state index contributed by atoms with van der Waals surface area (Å²) in [4.78, 5) is 4.58. The maximum Gasteiger partial charge on any atom is 0.126 e. The van der Waals surface area contributed by atoms with Gasteiger partial charge in [-0.1, -0.05) is 29.5 Å². The minimum Gasteiger partial charge on any atom is -0.370 e. The van der Waals surface area contributed by atoms with Gasteiger partial charge in [0, 0.05) is 6.54 Å². The van der Waals surface area contributed by atoms with Gasteiger partial charge in [-0.3, -0.25) is 0 Å². The fourth-order valence-corrected chi connectivity index (χ4v) is 2.03. The fraction of sp³-hybridized carbons (Fsp3) is 0.133. The van der Waals surface area contributed by atoms with Gasteiger partial charge in [0.05, 0.1) is 17.6 Å². The van der Waals surface area contributed by atoms with Crippen LogP contribution in [0.4, 0.5) is 5.82 Å². The van der Waals surface area contributed by atoms with Crippen LogP contribution >= 0.6 is 0 Å². The van der Waals surface area contributed by atoms with E-state index in [1.807, 2.05) is 55.5 Å². The van der Waals surface area contributed by atoms with Crippen molar-refractivity contribution in [3.05, 3.63) is 54.7 Å². The quantitative estimate of drug-likeness (QED) is 0.788. The van der Waals surface area contributed by atoms with E-state index in [4.69, 9.17) is 0 Å². The highest BCUT2D eigenvalue weighted by molar-refractivity contribution is 5.59. The lowest BCUT2D eigenvalue weighted by Gasteiger charge is -2.07. The molecule has 0 aliphatic carbocycles. The summed E-state index contributed by atoms with van der Waals surface area (Å²) < 4.78 is 1.79. The maximum atomic E-state index is 4.58. The van der Waals surface area contributed by atoms with Gasteiger partial charge in [0.2, 0.25) is 0 Å². The van der Waals surface area contributed by atoms with E-state index < -0.39 is 0 Å². The van der Waals surface area contributed by atoms with Crippen molar-refractivity contribution in [3.8, 4) is 17.1 Å². The molecule has 0 aliphatic rings. The number of hydrogen-bond donors (Lipinski definition) is 1. The van der Waals surface area contributed by atoms with E-state index in [1.54, 1.807) is 10.9 Å². The number of aromatic nitrogens is 4. The van der Waals surface area contributed by atoms with Crippen molar-refractivity contribution in [3.63, 3.8) is 0 Å². The van der Waals surface area contributed by atoms with Gasteiger partial charge in [0.15, 0.2) is 0 Å². The zero-order valence-electron chi connectivity index (χ0n) is 11.2. The van der Waals surface area contributed by atoms with Gasteiger partial charge in [-0.25, -0.2) is 9.67 Å². The monoisotopic (exact) mass is 265 g/mol. The molecule has 20 heavy (non-hydrogen) atoms. The number of hydrogen-bond acceptors (Lipinski definition) is 4. The topological polar surface area (TPSA) is 55.6 Å². The molecule has 0 spiro atoms. The van der Waals surface area contributed by atoms with Gasteiger partial charge in [-0.05, 0) is 31.2 Å². The largest absolute Gasteiger partial charge is 0.370 e. The van der Waals surface area contributed by atoms with Gasteiger partial charge >= 0.3 is 0 Å². The summed E-state index contributed by atoms with van der Waals surface area (Å²) in [6.45, 7) is 2.89. The Morgan fingerprint density at radius 2 is 1.90 bits per heavy atom. The number of nitrogens with one attached hydrogen (secondary N) is 1. The summed E-state index contributed by atoms with van der Waals surface area (Å²) >= 11 is 0. The summed E-state index contributed by atoms with van der Waals surface area (Å²) in [7, 11) is 0. The smallest absolute Gasteiger partial charge is 0.126 e. The highest BCUT2D eigenvalue weighted by Gasteiger charge is 2.10. The minimum atomic E-state index is 0.840. The molecule has 0 atom stereocenters. The van der Waals surface area contributed by atoms with E-state index in [0.717, 1.165) is 29.4 Å². The third kappa shape index (κ3) is 2.38. The average Bonchev–Trinajstić information content (AvgIpc) is 2.98. The van der Waals surface area contributed by atoms with Crippen LogP contribution in [0.15, 0.2) is 54.7 Å². The van der Waals surface area contributed by atoms with Crippen LogP contribution in [0.2, 0.25) is 0 Å². The van der Waals surface area contributed by atoms with E-state index in [-0.39, 0.29) is 0 Å². The van der Waals surface area contributed by atoms with E-state index >= 15 is 0 Å². The summed E-state index contributed by atoms with van der Waals surface area (Å²) in [5.41, 5.74) is 2.68. The Balaban J connectivity index is 2.04. The predicted octanol–water partition coefficient (Wildman–Crippen LogP) is 2.76. The van der Waals surface area contributed by atoms with Crippen LogP contribution in [-0.2, 0) is 0 Å². The summed E-state index contributed by atoms with van der Waals surface area (Å²) in [5, 5.41) is 11.4. The van der Waals surface area contributed by atoms with Crippen molar-refractivity contribution in [2.45, 2.75) is 6.92 Å². The Kier molecular flexibility index (Phi) is 3.41. The molecule has 0 aliphatic heterocycles. The lowest BCUT2D eigenvalue weighted by atomic mass is 10.2. The first-order chi connectivity index (χ1) is 9.88. The Labute approximate surface area is 117 Å². The third-order valence-electron chi connectivity index (χ3n) is 2.92. The van der Waals surface area contributed by atoms with Crippen LogP contribution in [0.1, 0.15) is 6.92 Å². The molecule has 0 radical (unpaired) electrons. The molecule has 0 bridgehead atoms. The van der Waals surface area contributed by atoms with Crippen molar-refractivity contribution >= 4 is 5.82 Å². The molecule has 2 heterocycles. The van der Waals surface area contributed by atoms with Crippen LogP contribution in [0.5, 0.6) is 0 Å². The van der Waals surface area contributed by atoms with E-state index in [2.05, 4.69) is 20.6 Å². The second-order valence-electron chi connectivity index (χ2n) is 4.31. The average molecular weight is 265 g/mol. The first kappa shape index (κ1) is 12.3. The van der Waals surface area contributed by atoms with Crippen LogP contribution < -0.4 is 5.32 Å². The Hall–Kier alpha value is -2.69. The second-order valence-corrected chi connectivity index (χ2v) is 4.31. The number of nitrogens with zero attached hydrogens (tertiary/aromatic N) is 4. The molecular weight excluding hydrogens is 250 g/mol. The molecule has 0 saturated carbocycles. The first-order valence-electron chi connectivity index (χ1n) is 6.56. The van der Waals surface area contributed by atoms with Crippen molar-refractivity contribution < 1.29 is 0 Å². The third-order valence-corrected chi connectivity index (χ3v) is 2.92. The molecule has 100 valence electrons. The number of benzene rings is 1. The van der Waals surface area contributed by atoms with E-state index in [0.29, 0.717) is 0 Å². The van der Waals surface area contributed by atoms with Gasteiger partial charge in [-0.15, -0.1) is 5.10 Å². The first-order valence-corrected chi connectivity index (χ1v) is 6.56. The number of anilines is 1. The van der Waals surface area contributed by atoms with Crippen molar-refractivity contribution in [2.24, 2.45) is 0 Å². The molecule has 0 fully saturated rings. The Morgan fingerprint density at radius 1 is 1.05 bits per heavy atom. The molecule has 0 amide bonds.